The lowest BCUT2D eigenvalue weighted by molar-refractivity contribution is -0.123. The lowest BCUT2D eigenvalue weighted by atomic mass is 9.80. The molecule has 0 aliphatic rings. The number of amides is 1. The van der Waals surface area contributed by atoms with E-state index < -0.39 is 0 Å². The molecule has 0 bridgehead atoms. The monoisotopic (exact) mass is 319 g/mol. The number of carbonyl (C=O) groups excluding carboxylic acids is 1. The van der Waals surface area contributed by atoms with Crippen LogP contribution in [0.5, 0.6) is 5.75 Å². The minimum atomic E-state index is -0.0703. The summed E-state index contributed by atoms with van der Waals surface area (Å²) in [6, 6.07) is 6.48. The SMILES string of the molecule is CCC(C)NC(=O)COc1ccc(C(C)(C)C)cc1C(C)(C)C. The largest absolute Gasteiger partial charge is 0.483 e. The van der Waals surface area contributed by atoms with Crippen LogP contribution < -0.4 is 10.1 Å². The molecule has 0 saturated heterocycles. The van der Waals surface area contributed by atoms with Crippen LogP contribution in [0.4, 0.5) is 0 Å². The minimum absolute atomic E-state index is 0.0379. The number of ether oxygens (including phenoxy) is 1. The Morgan fingerprint density at radius 3 is 2.22 bits per heavy atom. The van der Waals surface area contributed by atoms with Gasteiger partial charge in [0, 0.05) is 6.04 Å². The predicted octanol–water partition coefficient (Wildman–Crippen LogP) is 4.58. The van der Waals surface area contributed by atoms with E-state index in [0.717, 1.165) is 17.7 Å². The summed E-state index contributed by atoms with van der Waals surface area (Å²) < 4.78 is 5.83. The van der Waals surface area contributed by atoms with Gasteiger partial charge in [-0.3, -0.25) is 4.79 Å². The second-order valence-electron chi connectivity index (χ2n) is 8.38. The van der Waals surface area contributed by atoms with Gasteiger partial charge in [0.25, 0.3) is 5.91 Å². The average molecular weight is 319 g/mol. The number of rotatable bonds is 5. The number of hydrogen-bond donors (Lipinski definition) is 1. The van der Waals surface area contributed by atoms with Crippen LogP contribution in [-0.2, 0) is 15.6 Å². The van der Waals surface area contributed by atoms with Gasteiger partial charge >= 0.3 is 0 Å². The van der Waals surface area contributed by atoms with Crippen molar-refractivity contribution >= 4 is 5.91 Å². The smallest absolute Gasteiger partial charge is 0.258 e. The molecule has 1 atom stereocenters. The Morgan fingerprint density at radius 1 is 1.13 bits per heavy atom. The van der Waals surface area contributed by atoms with E-state index in [1.807, 2.05) is 13.0 Å². The van der Waals surface area contributed by atoms with Crippen molar-refractivity contribution in [1.82, 2.24) is 5.32 Å². The first-order chi connectivity index (χ1) is 10.4. The summed E-state index contributed by atoms with van der Waals surface area (Å²) in [7, 11) is 0. The molecular formula is C20H33NO2. The van der Waals surface area contributed by atoms with Gasteiger partial charge in [-0.1, -0.05) is 60.6 Å². The van der Waals surface area contributed by atoms with Crippen LogP contribution in [0.2, 0.25) is 0 Å². The molecule has 0 radical (unpaired) electrons. The first kappa shape index (κ1) is 19.5. The van der Waals surface area contributed by atoms with Crippen molar-refractivity contribution in [3.63, 3.8) is 0 Å². The Kier molecular flexibility index (Phi) is 6.26. The highest BCUT2D eigenvalue weighted by Gasteiger charge is 2.23. The van der Waals surface area contributed by atoms with E-state index in [2.05, 4.69) is 65.9 Å². The summed E-state index contributed by atoms with van der Waals surface area (Å²) in [4.78, 5) is 11.9. The van der Waals surface area contributed by atoms with Crippen molar-refractivity contribution in [3.8, 4) is 5.75 Å². The summed E-state index contributed by atoms with van der Waals surface area (Å²) in [6.07, 6.45) is 0.916. The Labute approximate surface area is 141 Å². The number of hydrogen-bond acceptors (Lipinski definition) is 2. The predicted molar refractivity (Wildman–Crippen MR) is 97.2 cm³/mol. The summed E-state index contributed by atoms with van der Waals surface area (Å²) in [5.74, 6) is 0.726. The fraction of sp³-hybridized carbons (Fsp3) is 0.650. The highest BCUT2D eigenvalue weighted by Crippen LogP contribution is 2.35. The van der Waals surface area contributed by atoms with Gasteiger partial charge in [-0.15, -0.1) is 0 Å². The van der Waals surface area contributed by atoms with Gasteiger partial charge in [0.2, 0.25) is 0 Å². The fourth-order valence-corrected chi connectivity index (χ4v) is 2.27. The molecule has 0 aliphatic heterocycles. The van der Waals surface area contributed by atoms with Crippen molar-refractivity contribution < 1.29 is 9.53 Å². The third kappa shape index (κ3) is 5.89. The molecule has 0 saturated carbocycles. The first-order valence-corrected chi connectivity index (χ1v) is 8.52. The van der Waals surface area contributed by atoms with Crippen molar-refractivity contribution in [2.24, 2.45) is 0 Å². The molecule has 1 amide bonds. The van der Waals surface area contributed by atoms with Crippen LogP contribution in [0, 0.1) is 0 Å². The van der Waals surface area contributed by atoms with E-state index in [4.69, 9.17) is 4.74 Å². The van der Waals surface area contributed by atoms with Crippen LogP contribution >= 0.6 is 0 Å². The van der Waals surface area contributed by atoms with Gasteiger partial charge in [0.1, 0.15) is 5.75 Å². The Hall–Kier alpha value is -1.51. The number of carbonyl (C=O) groups is 1. The molecule has 1 aromatic carbocycles. The van der Waals surface area contributed by atoms with E-state index in [-0.39, 0.29) is 29.4 Å². The average Bonchev–Trinajstić information content (AvgIpc) is 2.42. The maximum Gasteiger partial charge on any atom is 0.258 e. The molecule has 0 spiro atoms. The molecule has 23 heavy (non-hydrogen) atoms. The zero-order valence-corrected chi connectivity index (χ0v) is 16.0. The maximum absolute atomic E-state index is 11.9. The summed E-state index contributed by atoms with van der Waals surface area (Å²) in [5.41, 5.74) is 2.47. The third-order valence-electron chi connectivity index (χ3n) is 4.03. The molecule has 0 aromatic heterocycles. The fourth-order valence-electron chi connectivity index (χ4n) is 2.27. The van der Waals surface area contributed by atoms with E-state index in [1.165, 1.54) is 5.56 Å². The highest BCUT2D eigenvalue weighted by atomic mass is 16.5. The third-order valence-corrected chi connectivity index (χ3v) is 4.03. The molecule has 1 N–H and O–H groups in total. The summed E-state index contributed by atoms with van der Waals surface area (Å²) in [6.45, 7) is 17.2. The topological polar surface area (TPSA) is 38.3 Å². The summed E-state index contributed by atoms with van der Waals surface area (Å²) in [5, 5.41) is 2.93. The van der Waals surface area contributed by atoms with Crippen molar-refractivity contribution in [1.29, 1.82) is 0 Å². The molecule has 3 nitrogen and oxygen atoms in total. The number of nitrogens with one attached hydrogen (secondary N) is 1. The molecule has 130 valence electrons. The molecule has 0 aliphatic carbocycles. The normalized spacial score (nSPS) is 13.6. The Bertz CT molecular complexity index is 536. The zero-order valence-electron chi connectivity index (χ0n) is 16.0. The Balaban J connectivity index is 2.96. The molecule has 1 aromatic rings. The van der Waals surface area contributed by atoms with E-state index in [9.17, 15) is 4.79 Å². The molecule has 0 fully saturated rings. The van der Waals surface area contributed by atoms with E-state index in [0.29, 0.717) is 0 Å². The maximum atomic E-state index is 11.9. The van der Waals surface area contributed by atoms with Gasteiger partial charge in [-0.05, 0) is 41.4 Å². The standard InChI is InChI=1S/C20H33NO2/c1-9-14(2)21-18(22)13-23-17-11-10-15(19(3,4)5)12-16(17)20(6,7)8/h10-12,14H,9,13H2,1-8H3,(H,21,22). The molecule has 1 rings (SSSR count). The summed E-state index contributed by atoms with van der Waals surface area (Å²) >= 11 is 0. The van der Waals surface area contributed by atoms with Gasteiger partial charge in [0.05, 0.1) is 0 Å². The first-order valence-electron chi connectivity index (χ1n) is 8.52. The molecular weight excluding hydrogens is 286 g/mol. The van der Waals surface area contributed by atoms with Crippen LogP contribution in [-0.4, -0.2) is 18.6 Å². The molecule has 0 heterocycles. The molecule has 1 unspecified atom stereocenters. The van der Waals surface area contributed by atoms with Crippen molar-refractivity contribution in [2.45, 2.75) is 78.7 Å². The van der Waals surface area contributed by atoms with Crippen LogP contribution in [0.1, 0.15) is 72.9 Å². The van der Waals surface area contributed by atoms with Gasteiger partial charge in [-0.2, -0.15) is 0 Å². The second kappa shape index (κ2) is 7.37. The van der Waals surface area contributed by atoms with Gasteiger partial charge < -0.3 is 10.1 Å². The van der Waals surface area contributed by atoms with Gasteiger partial charge in [0.15, 0.2) is 6.61 Å². The quantitative estimate of drug-likeness (QED) is 0.863. The minimum Gasteiger partial charge on any atom is -0.483 e. The number of benzene rings is 1. The van der Waals surface area contributed by atoms with Gasteiger partial charge in [-0.25, -0.2) is 0 Å². The zero-order chi connectivity index (χ0) is 17.8. The van der Waals surface area contributed by atoms with E-state index >= 15 is 0 Å². The van der Waals surface area contributed by atoms with Crippen LogP contribution in [0.25, 0.3) is 0 Å². The van der Waals surface area contributed by atoms with Crippen LogP contribution in [0.3, 0.4) is 0 Å². The van der Waals surface area contributed by atoms with E-state index in [1.54, 1.807) is 0 Å². The molecule has 3 heteroatoms. The van der Waals surface area contributed by atoms with Crippen molar-refractivity contribution in [2.75, 3.05) is 6.61 Å². The Morgan fingerprint density at radius 2 is 1.74 bits per heavy atom. The lowest BCUT2D eigenvalue weighted by Gasteiger charge is -2.27. The lowest BCUT2D eigenvalue weighted by Crippen LogP contribution is -2.35. The van der Waals surface area contributed by atoms with Crippen LogP contribution in [0.15, 0.2) is 18.2 Å². The van der Waals surface area contributed by atoms with Crippen molar-refractivity contribution in [3.05, 3.63) is 29.3 Å². The highest BCUT2D eigenvalue weighted by molar-refractivity contribution is 5.77. The second-order valence-corrected chi connectivity index (χ2v) is 8.38.